The van der Waals surface area contributed by atoms with Gasteiger partial charge in [-0.15, -0.1) is 0 Å². The summed E-state index contributed by atoms with van der Waals surface area (Å²) in [6, 6.07) is 0. The molecule has 0 heterocycles. The average molecular weight is 217 g/mol. The van der Waals surface area contributed by atoms with E-state index in [1.807, 2.05) is 0 Å². The minimum atomic E-state index is -1.27. The molecule has 0 aromatic rings. The van der Waals surface area contributed by atoms with Gasteiger partial charge in [-0.1, -0.05) is 13.3 Å². The van der Waals surface area contributed by atoms with E-state index in [0.717, 1.165) is 19.4 Å². The van der Waals surface area contributed by atoms with E-state index in [1.54, 1.807) is 0 Å². The Hall–Kier alpha value is -1.10. The van der Waals surface area contributed by atoms with E-state index >= 15 is 0 Å². The predicted molar refractivity (Wildman–Crippen MR) is 55.8 cm³/mol. The molecule has 15 heavy (non-hydrogen) atoms. The molecule has 0 aromatic carbocycles. The van der Waals surface area contributed by atoms with Crippen molar-refractivity contribution in [2.24, 2.45) is 5.92 Å². The number of unbranched alkanes of at least 4 members (excludes halogenated alkanes) is 1. The highest BCUT2D eigenvalue weighted by molar-refractivity contribution is 5.92. The van der Waals surface area contributed by atoms with Gasteiger partial charge in [-0.3, -0.25) is 9.59 Å². The molecule has 0 unspecified atom stereocenters. The van der Waals surface area contributed by atoms with Gasteiger partial charge in [0.05, 0.1) is 0 Å². The van der Waals surface area contributed by atoms with Gasteiger partial charge in [0, 0.05) is 0 Å². The second-order valence-corrected chi connectivity index (χ2v) is 3.47. The highest BCUT2D eigenvalue weighted by Crippen LogP contribution is 2.06. The molecule has 5 nitrogen and oxygen atoms in total. The number of rotatable bonds is 9. The van der Waals surface area contributed by atoms with Crippen LogP contribution >= 0.6 is 0 Å². The molecule has 0 atom stereocenters. The summed E-state index contributed by atoms with van der Waals surface area (Å²) in [7, 11) is 0. The van der Waals surface area contributed by atoms with Crippen LogP contribution in [0.5, 0.6) is 0 Å². The van der Waals surface area contributed by atoms with Crippen LogP contribution in [0.25, 0.3) is 0 Å². The van der Waals surface area contributed by atoms with Crippen LogP contribution in [-0.2, 0) is 9.59 Å². The van der Waals surface area contributed by atoms with Crippen LogP contribution in [0.4, 0.5) is 0 Å². The Kier molecular flexibility index (Phi) is 7.62. The zero-order valence-electron chi connectivity index (χ0n) is 9.03. The number of hydrogen-bond acceptors (Lipinski definition) is 3. The molecule has 0 aromatic heterocycles. The molecule has 0 aliphatic rings. The Morgan fingerprint density at radius 3 is 2.13 bits per heavy atom. The van der Waals surface area contributed by atoms with Crippen molar-refractivity contribution < 1.29 is 19.8 Å². The lowest BCUT2D eigenvalue weighted by Gasteiger charge is -2.07. The maximum absolute atomic E-state index is 10.5. The maximum Gasteiger partial charge on any atom is 0.317 e. The lowest BCUT2D eigenvalue weighted by Crippen LogP contribution is -2.25. The Bertz CT molecular complexity index is 192. The maximum atomic E-state index is 10.5. The van der Waals surface area contributed by atoms with Gasteiger partial charge in [0.2, 0.25) is 0 Å². The number of carbonyl (C=O) groups is 2. The number of carboxylic acids is 2. The van der Waals surface area contributed by atoms with Crippen LogP contribution in [0.2, 0.25) is 0 Å². The zero-order valence-corrected chi connectivity index (χ0v) is 9.03. The third-order valence-electron chi connectivity index (χ3n) is 2.15. The van der Waals surface area contributed by atoms with Crippen molar-refractivity contribution in [3.8, 4) is 0 Å². The monoisotopic (exact) mass is 217 g/mol. The van der Waals surface area contributed by atoms with Gasteiger partial charge in [0.1, 0.15) is 0 Å². The Morgan fingerprint density at radius 2 is 1.67 bits per heavy atom. The molecule has 0 bridgehead atoms. The number of aliphatic carboxylic acids is 2. The summed E-state index contributed by atoms with van der Waals surface area (Å²) in [5, 5.41) is 20.3. The van der Waals surface area contributed by atoms with E-state index in [2.05, 4.69) is 12.2 Å². The number of nitrogens with one attached hydrogen (secondary N) is 1. The normalized spacial score (nSPS) is 10.5. The molecular weight excluding hydrogens is 198 g/mol. The van der Waals surface area contributed by atoms with Crippen molar-refractivity contribution in [1.29, 1.82) is 0 Å². The van der Waals surface area contributed by atoms with E-state index in [1.165, 1.54) is 0 Å². The van der Waals surface area contributed by atoms with Gasteiger partial charge in [0.25, 0.3) is 0 Å². The summed E-state index contributed by atoms with van der Waals surface area (Å²) >= 11 is 0. The highest BCUT2D eigenvalue weighted by Gasteiger charge is 2.24. The molecular formula is C10H19NO4. The van der Waals surface area contributed by atoms with Gasteiger partial charge in [-0.25, -0.2) is 0 Å². The summed E-state index contributed by atoms with van der Waals surface area (Å²) in [6.07, 6.45) is 2.96. The van der Waals surface area contributed by atoms with E-state index in [0.29, 0.717) is 13.0 Å². The van der Waals surface area contributed by atoms with Crippen LogP contribution < -0.4 is 5.32 Å². The van der Waals surface area contributed by atoms with Crippen molar-refractivity contribution in [1.82, 2.24) is 5.32 Å². The number of hydrogen-bond donors (Lipinski definition) is 3. The van der Waals surface area contributed by atoms with Crippen LogP contribution in [-0.4, -0.2) is 35.2 Å². The SMILES string of the molecule is CCCCNCCCC(C(=O)O)C(=O)O. The predicted octanol–water partition coefficient (Wildman–Crippen LogP) is 0.942. The molecule has 0 spiro atoms. The summed E-state index contributed by atoms with van der Waals surface area (Å²) < 4.78 is 0. The molecule has 0 saturated heterocycles. The fraction of sp³-hybridized carbons (Fsp3) is 0.800. The summed E-state index contributed by atoms with van der Waals surface area (Å²) in [5.74, 6) is -3.77. The molecule has 0 aliphatic carbocycles. The van der Waals surface area contributed by atoms with Crippen molar-refractivity contribution in [3.05, 3.63) is 0 Å². The van der Waals surface area contributed by atoms with Gasteiger partial charge in [-0.05, 0) is 32.4 Å². The minimum Gasteiger partial charge on any atom is -0.481 e. The second kappa shape index (κ2) is 8.23. The quantitative estimate of drug-likeness (QED) is 0.395. The smallest absolute Gasteiger partial charge is 0.317 e. The van der Waals surface area contributed by atoms with Crippen LogP contribution in [0.1, 0.15) is 32.6 Å². The van der Waals surface area contributed by atoms with Crippen molar-refractivity contribution in [3.63, 3.8) is 0 Å². The summed E-state index contributed by atoms with van der Waals surface area (Å²) in [5.41, 5.74) is 0. The second-order valence-electron chi connectivity index (χ2n) is 3.47. The van der Waals surface area contributed by atoms with Gasteiger partial charge >= 0.3 is 11.9 Å². The van der Waals surface area contributed by atoms with Crippen molar-refractivity contribution >= 4 is 11.9 Å². The molecule has 0 rings (SSSR count). The Labute approximate surface area is 89.5 Å². The lowest BCUT2D eigenvalue weighted by molar-refractivity contribution is -0.154. The molecule has 0 saturated carbocycles. The van der Waals surface area contributed by atoms with E-state index in [9.17, 15) is 9.59 Å². The summed E-state index contributed by atoms with van der Waals surface area (Å²) in [4.78, 5) is 21.0. The molecule has 0 aliphatic heterocycles. The lowest BCUT2D eigenvalue weighted by atomic mass is 10.0. The van der Waals surface area contributed by atoms with Gasteiger partial charge < -0.3 is 15.5 Å². The van der Waals surface area contributed by atoms with Crippen LogP contribution in [0.15, 0.2) is 0 Å². The average Bonchev–Trinajstić information content (AvgIpc) is 2.15. The Balaban J connectivity index is 3.55. The number of carboxylic acid groups (broad SMARTS) is 2. The highest BCUT2D eigenvalue weighted by atomic mass is 16.4. The molecule has 0 amide bonds. The molecule has 3 N–H and O–H groups in total. The third-order valence-corrected chi connectivity index (χ3v) is 2.15. The molecule has 5 heteroatoms. The van der Waals surface area contributed by atoms with E-state index < -0.39 is 17.9 Å². The first-order valence-corrected chi connectivity index (χ1v) is 5.26. The largest absolute Gasteiger partial charge is 0.481 e. The molecule has 88 valence electrons. The Morgan fingerprint density at radius 1 is 1.13 bits per heavy atom. The molecule has 0 radical (unpaired) electrons. The first-order chi connectivity index (χ1) is 7.09. The van der Waals surface area contributed by atoms with Gasteiger partial charge in [-0.2, -0.15) is 0 Å². The van der Waals surface area contributed by atoms with Crippen LogP contribution in [0.3, 0.4) is 0 Å². The standard InChI is InChI=1S/C10H19NO4/c1-2-3-6-11-7-4-5-8(9(12)13)10(14)15/h8,11H,2-7H2,1H3,(H,12,13)(H,14,15). The fourth-order valence-electron chi connectivity index (χ4n) is 1.21. The third kappa shape index (κ3) is 6.90. The van der Waals surface area contributed by atoms with Gasteiger partial charge in [0.15, 0.2) is 5.92 Å². The van der Waals surface area contributed by atoms with E-state index in [-0.39, 0.29) is 6.42 Å². The van der Waals surface area contributed by atoms with Crippen LogP contribution in [0, 0.1) is 5.92 Å². The fourth-order valence-corrected chi connectivity index (χ4v) is 1.21. The first kappa shape index (κ1) is 13.9. The summed E-state index contributed by atoms with van der Waals surface area (Å²) in [6.45, 7) is 3.67. The topological polar surface area (TPSA) is 86.6 Å². The van der Waals surface area contributed by atoms with Crippen molar-refractivity contribution in [2.75, 3.05) is 13.1 Å². The van der Waals surface area contributed by atoms with E-state index in [4.69, 9.17) is 10.2 Å². The van der Waals surface area contributed by atoms with Crippen molar-refractivity contribution in [2.45, 2.75) is 32.6 Å². The zero-order chi connectivity index (χ0) is 11.7. The minimum absolute atomic E-state index is 0.184. The first-order valence-electron chi connectivity index (χ1n) is 5.26. The molecule has 0 fully saturated rings.